The normalized spacial score (nSPS) is 27.0. The Morgan fingerprint density at radius 2 is 1.93 bits per heavy atom. The summed E-state index contributed by atoms with van der Waals surface area (Å²) >= 11 is 0. The lowest BCUT2D eigenvalue weighted by Crippen LogP contribution is -2.70. The lowest BCUT2D eigenvalue weighted by molar-refractivity contribution is -0.176. The van der Waals surface area contributed by atoms with E-state index in [1.54, 1.807) is 0 Å². The standard InChI is InChI=1S/C22H37N5O.HI/c1-7-23-20(26-18-15-22(5,28-6)21(18,3)4)25-17-11-13-27(14-12-17)19-10-8-9-16(2)24-19;/h8-10,17-18H,7,11-15H2,1-6H3,(H2,23,25,26);1H. The van der Waals surface area contributed by atoms with E-state index in [0.717, 1.165) is 56.4 Å². The number of hydrogen-bond acceptors (Lipinski definition) is 4. The van der Waals surface area contributed by atoms with E-state index in [1.807, 2.05) is 20.1 Å². The third-order valence-electron chi connectivity index (χ3n) is 6.94. The van der Waals surface area contributed by atoms with Gasteiger partial charge in [-0.2, -0.15) is 0 Å². The predicted octanol–water partition coefficient (Wildman–Crippen LogP) is 3.74. The number of guanidine groups is 1. The fraction of sp³-hybridized carbons (Fsp3) is 0.727. The highest BCUT2D eigenvalue weighted by Gasteiger charge is 2.58. The maximum atomic E-state index is 5.76. The molecule has 0 radical (unpaired) electrons. The van der Waals surface area contributed by atoms with E-state index in [2.05, 4.69) is 60.3 Å². The molecule has 29 heavy (non-hydrogen) atoms. The molecule has 1 aromatic rings. The van der Waals surface area contributed by atoms with Crippen molar-refractivity contribution < 1.29 is 4.74 Å². The smallest absolute Gasteiger partial charge is 0.191 e. The fourth-order valence-electron chi connectivity index (χ4n) is 4.33. The van der Waals surface area contributed by atoms with Gasteiger partial charge in [0.15, 0.2) is 5.96 Å². The number of aromatic nitrogens is 1. The number of piperidine rings is 1. The number of nitrogens with one attached hydrogen (secondary N) is 2. The van der Waals surface area contributed by atoms with Crippen molar-refractivity contribution in [3.05, 3.63) is 23.9 Å². The Hall–Kier alpha value is -1.09. The van der Waals surface area contributed by atoms with Crippen LogP contribution in [0, 0.1) is 12.3 Å². The van der Waals surface area contributed by atoms with Crippen LogP contribution in [0.15, 0.2) is 23.2 Å². The van der Waals surface area contributed by atoms with Crippen molar-refractivity contribution in [2.45, 2.75) is 71.6 Å². The number of methoxy groups -OCH3 is 1. The van der Waals surface area contributed by atoms with Gasteiger partial charge in [-0.25, -0.2) is 4.98 Å². The Morgan fingerprint density at radius 1 is 1.24 bits per heavy atom. The summed E-state index contributed by atoms with van der Waals surface area (Å²) in [5.41, 5.74) is 1.07. The molecule has 1 aromatic heterocycles. The van der Waals surface area contributed by atoms with E-state index in [-0.39, 0.29) is 35.0 Å². The molecule has 0 amide bonds. The number of hydrogen-bond donors (Lipinski definition) is 2. The summed E-state index contributed by atoms with van der Waals surface area (Å²) in [4.78, 5) is 11.7. The van der Waals surface area contributed by atoms with Crippen LogP contribution in [0.4, 0.5) is 5.82 Å². The van der Waals surface area contributed by atoms with Crippen molar-refractivity contribution in [1.82, 2.24) is 15.6 Å². The second-order valence-electron chi connectivity index (χ2n) is 8.92. The molecule has 2 aliphatic rings. The van der Waals surface area contributed by atoms with Gasteiger partial charge < -0.3 is 20.3 Å². The second kappa shape index (κ2) is 9.81. The topological polar surface area (TPSA) is 61.8 Å². The summed E-state index contributed by atoms with van der Waals surface area (Å²) in [6, 6.07) is 7.06. The van der Waals surface area contributed by atoms with Crippen molar-refractivity contribution in [3.8, 4) is 0 Å². The molecular weight excluding hydrogens is 477 g/mol. The van der Waals surface area contributed by atoms with Crippen LogP contribution in [-0.4, -0.2) is 55.4 Å². The van der Waals surface area contributed by atoms with Crippen molar-refractivity contribution in [1.29, 1.82) is 0 Å². The van der Waals surface area contributed by atoms with Gasteiger partial charge in [0.05, 0.1) is 5.60 Å². The number of aryl methyl sites for hydroxylation is 1. The summed E-state index contributed by atoms with van der Waals surface area (Å²) in [7, 11) is 1.81. The molecule has 0 aromatic carbocycles. The third kappa shape index (κ3) is 5.16. The molecule has 0 spiro atoms. The summed E-state index contributed by atoms with van der Waals surface area (Å²) in [6.07, 6.45) is 3.17. The Labute approximate surface area is 193 Å². The maximum absolute atomic E-state index is 5.76. The minimum absolute atomic E-state index is 0. The Kier molecular flexibility index (Phi) is 8.18. The first-order valence-corrected chi connectivity index (χ1v) is 10.6. The molecule has 2 atom stereocenters. The minimum atomic E-state index is -0.0753. The van der Waals surface area contributed by atoms with E-state index in [0.29, 0.717) is 12.1 Å². The Balaban J connectivity index is 0.00000300. The van der Waals surface area contributed by atoms with Crippen LogP contribution in [0.5, 0.6) is 0 Å². The van der Waals surface area contributed by atoms with E-state index in [1.165, 1.54) is 0 Å². The molecule has 2 N–H and O–H groups in total. The molecule has 2 fully saturated rings. The minimum Gasteiger partial charge on any atom is -0.378 e. The maximum Gasteiger partial charge on any atom is 0.191 e. The van der Waals surface area contributed by atoms with Crippen LogP contribution in [0.1, 0.15) is 52.7 Å². The largest absolute Gasteiger partial charge is 0.378 e. The molecule has 2 unspecified atom stereocenters. The van der Waals surface area contributed by atoms with Gasteiger partial charge in [0, 0.05) is 49.9 Å². The van der Waals surface area contributed by atoms with Gasteiger partial charge in [-0.15, -0.1) is 24.0 Å². The second-order valence-corrected chi connectivity index (χ2v) is 8.92. The van der Waals surface area contributed by atoms with Crippen molar-refractivity contribution in [3.63, 3.8) is 0 Å². The number of ether oxygens (including phenoxy) is 1. The SMILES string of the molecule is CCN=C(NC1CCN(c2cccc(C)n2)CC1)NC1CC(C)(OC)C1(C)C.I. The number of halogens is 1. The molecule has 0 bridgehead atoms. The Morgan fingerprint density at radius 3 is 2.48 bits per heavy atom. The van der Waals surface area contributed by atoms with Gasteiger partial charge >= 0.3 is 0 Å². The summed E-state index contributed by atoms with van der Waals surface area (Å²) in [5, 5.41) is 7.34. The number of rotatable bonds is 5. The number of pyridine rings is 1. The van der Waals surface area contributed by atoms with Crippen LogP contribution in [0.2, 0.25) is 0 Å². The van der Waals surface area contributed by atoms with E-state index in [4.69, 9.17) is 9.73 Å². The van der Waals surface area contributed by atoms with Crippen molar-refractivity contribution in [2.75, 3.05) is 31.6 Å². The first-order chi connectivity index (χ1) is 13.3. The van der Waals surface area contributed by atoms with Gasteiger partial charge in [-0.05, 0) is 52.2 Å². The highest BCUT2D eigenvalue weighted by atomic mass is 127. The van der Waals surface area contributed by atoms with Gasteiger partial charge in [0.25, 0.3) is 0 Å². The quantitative estimate of drug-likeness (QED) is 0.356. The lowest BCUT2D eigenvalue weighted by atomic mass is 9.56. The van der Waals surface area contributed by atoms with Crippen LogP contribution < -0.4 is 15.5 Å². The molecule has 7 heteroatoms. The third-order valence-corrected chi connectivity index (χ3v) is 6.94. The van der Waals surface area contributed by atoms with E-state index in [9.17, 15) is 0 Å². The molecule has 164 valence electrons. The zero-order valence-electron chi connectivity index (χ0n) is 18.8. The summed E-state index contributed by atoms with van der Waals surface area (Å²) in [6.45, 7) is 13.7. The van der Waals surface area contributed by atoms with Crippen LogP contribution in [0.25, 0.3) is 0 Å². The van der Waals surface area contributed by atoms with Gasteiger partial charge in [0.1, 0.15) is 5.82 Å². The molecule has 1 aliphatic heterocycles. The van der Waals surface area contributed by atoms with Crippen molar-refractivity contribution in [2.24, 2.45) is 10.4 Å². The molecule has 2 heterocycles. The highest BCUT2D eigenvalue weighted by molar-refractivity contribution is 14.0. The van der Waals surface area contributed by atoms with Crippen molar-refractivity contribution >= 4 is 35.8 Å². The van der Waals surface area contributed by atoms with Crippen LogP contribution in [0.3, 0.4) is 0 Å². The molecule has 6 nitrogen and oxygen atoms in total. The lowest BCUT2D eigenvalue weighted by Gasteiger charge is -2.59. The van der Waals surface area contributed by atoms with Gasteiger partial charge in [-0.3, -0.25) is 4.99 Å². The summed E-state index contributed by atoms with van der Waals surface area (Å²) in [5.74, 6) is 2.03. The summed E-state index contributed by atoms with van der Waals surface area (Å²) < 4.78 is 5.76. The zero-order chi connectivity index (χ0) is 20.4. The molecule has 3 rings (SSSR count). The fourth-order valence-corrected chi connectivity index (χ4v) is 4.33. The average Bonchev–Trinajstić information content (AvgIpc) is 2.68. The van der Waals surface area contributed by atoms with E-state index >= 15 is 0 Å². The highest BCUT2D eigenvalue weighted by Crippen LogP contribution is 2.51. The number of anilines is 1. The van der Waals surface area contributed by atoms with Gasteiger partial charge in [-0.1, -0.05) is 19.9 Å². The molecule has 1 saturated carbocycles. The number of aliphatic imine (C=N–C) groups is 1. The predicted molar refractivity (Wildman–Crippen MR) is 131 cm³/mol. The molecular formula is C22H38IN5O. The van der Waals surface area contributed by atoms with Gasteiger partial charge in [0.2, 0.25) is 0 Å². The number of nitrogens with zero attached hydrogens (tertiary/aromatic N) is 3. The zero-order valence-corrected chi connectivity index (χ0v) is 21.1. The molecule has 1 aliphatic carbocycles. The first kappa shape index (κ1) is 24.2. The molecule has 1 saturated heterocycles. The van der Waals surface area contributed by atoms with Crippen LogP contribution in [-0.2, 0) is 4.74 Å². The van der Waals surface area contributed by atoms with E-state index < -0.39 is 0 Å². The van der Waals surface area contributed by atoms with Crippen LogP contribution >= 0.6 is 24.0 Å². The monoisotopic (exact) mass is 515 g/mol. The first-order valence-electron chi connectivity index (χ1n) is 10.6. The Bertz CT molecular complexity index is 702. The average molecular weight is 515 g/mol.